The molecule has 134 valence electrons. The SMILES string of the molecule is CCCCN(C)CCNC(=NC)NC1CCN(C(=O)C(C)C)C1. The van der Waals surface area contributed by atoms with Crippen LogP contribution < -0.4 is 10.6 Å². The molecule has 2 N–H and O–H groups in total. The Hall–Kier alpha value is -1.30. The van der Waals surface area contributed by atoms with Crippen LogP contribution in [-0.4, -0.2) is 74.5 Å². The van der Waals surface area contributed by atoms with Crippen molar-refractivity contribution in [2.75, 3.05) is 46.8 Å². The second-order valence-electron chi connectivity index (χ2n) is 6.72. The number of likely N-dealkylation sites (tertiary alicyclic amines) is 1. The first kappa shape index (κ1) is 19.7. The molecular formula is C17H35N5O. The van der Waals surface area contributed by atoms with E-state index in [4.69, 9.17) is 0 Å². The summed E-state index contributed by atoms with van der Waals surface area (Å²) in [5, 5.41) is 6.80. The van der Waals surface area contributed by atoms with Gasteiger partial charge in [-0.25, -0.2) is 0 Å². The van der Waals surface area contributed by atoms with E-state index in [1.54, 1.807) is 7.05 Å². The predicted octanol–water partition coefficient (Wildman–Crippen LogP) is 1.14. The Bertz CT molecular complexity index is 383. The van der Waals surface area contributed by atoms with Crippen LogP contribution in [0.15, 0.2) is 4.99 Å². The maximum absolute atomic E-state index is 12.0. The van der Waals surface area contributed by atoms with Gasteiger partial charge >= 0.3 is 0 Å². The first-order valence-electron chi connectivity index (χ1n) is 8.92. The highest BCUT2D eigenvalue weighted by Crippen LogP contribution is 2.12. The van der Waals surface area contributed by atoms with E-state index in [0.29, 0.717) is 6.04 Å². The van der Waals surface area contributed by atoms with Gasteiger partial charge in [0.2, 0.25) is 5.91 Å². The van der Waals surface area contributed by atoms with Crippen LogP contribution in [0.1, 0.15) is 40.0 Å². The van der Waals surface area contributed by atoms with Crippen molar-refractivity contribution in [3.05, 3.63) is 0 Å². The Morgan fingerprint density at radius 2 is 2.13 bits per heavy atom. The van der Waals surface area contributed by atoms with Gasteiger partial charge in [-0.05, 0) is 26.4 Å². The van der Waals surface area contributed by atoms with Crippen molar-refractivity contribution < 1.29 is 4.79 Å². The van der Waals surface area contributed by atoms with Crippen molar-refractivity contribution in [1.82, 2.24) is 20.4 Å². The van der Waals surface area contributed by atoms with Gasteiger partial charge in [0, 0.05) is 45.2 Å². The van der Waals surface area contributed by atoms with E-state index in [0.717, 1.165) is 45.1 Å². The van der Waals surface area contributed by atoms with Crippen LogP contribution in [-0.2, 0) is 4.79 Å². The summed E-state index contributed by atoms with van der Waals surface area (Å²) >= 11 is 0. The highest BCUT2D eigenvalue weighted by molar-refractivity contribution is 5.81. The summed E-state index contributed by atoms with van der Waals surface area (Å²) in [5.74, 6) is 1.15. The van der Waals surface area contributed by atoms with Crippen LogP contribution in [0.3, 0.4) is 0 Å². The number of aliphatic imine (C=N–C) groups is 1. The van der Waals surface area contributed by atoms with E-state index >= 15 is 0 Å². The molecule has 1 heterocycles. The van der Waals surface area contributed by atoms with E-state index in [9.17, 15) is 4.79 Å². The Kier molecular flexibility index (Phi) is 8.99. The summed E-state index contributed by atoms with van der Waals surface area (Å²) in [5.41, 5.74) is 0. The molecule has 0 aromatic carbocycles. The van der Waals surface area contributed by atoms with Gasteiger partial charge in [-0.1, -0.05) is 27.2 Å². The van der Waals surface area contributed by atoms with E-state index in [-0.39, 0.29) is 11.8 Å². The minimum Gasteiger partial charge on any atom is -0.355 e. The Balaban J connectivity index is 2.28. The zero-order valence-electron chi connectivity index (χ0n) is 15.6. The molecule has 0 spiro atoms. The van der Waals surface area contributed by atoms with Crippen LogP contribution >= 0.6 is 0 Å². The van der Waals surface area contributed by atoms with Crippen LogP contribution in [0.2, 0.25) is 0 Å². The number of nitrogens with zero attached hydrogens (tertiary/aromatic N) is 3. The molecule has 1 aliphatic rings. The van der Waals surface area contributed by atoms with Gasteiger partial charge in [-0.3, -0.25) is 9.79 Å². The van der Waals surface area contributed by atoms with E-state index in [1.807, 2.05) is 18.7 Å². The second-order valence-corrected chi connectivity index (χ2v) is 6.72. The number of carbonyl (C=O) groups is 1. The van der Waals surface area contributed by atoms with Gasteiger partial charge in [0.05, 0.1) is 0 Å². The quantitative estimate of drug-likeness (QED) is 0.519. The molecular weight excluding hydrogens is 290 g/mol. The van der Waals surface area contributed by atoms with Gasteiger partial charge in [0.1, 0.15) is 0 Å². The first-order valence-corrected chi connectivity index (χ1v) is 8.92. The van der Waals surface area contributed by atoms with Crippen molar-refractivity contribution in [2.45, 2.75) is 46.1 Å². The number of hydrogen-bond acceptors (Lipinski definition) is 3. The molecule has 0 saturated carbocycles. The van der Waals surface area contributed by atoms with Crippen molar-refractivity contribution in [3.63, 3.8) is 0 Å². The lowest BCUT2D eigenvalue weighted by atomic mass is 10.2. The fraction of sp³-hybridized carbons (Fsp3) is 0.882. The topological polar surface area (TPSA) is 60.0 Å². The molecule has 0 aliphatic carbocycles. The van der Waals surface area contributed by atoms with E-state index < -0.39 is 0 Å². The lowest BCUT2D eigenvalue weighted by Gasteiger charge is -2.21. The Morgan fingerprint density at radius 1 is 1.39 bits per heavy atom. The van der Waals surface area contributed by atoms with E-state index in [1.165, 1.54) is 12.8 Å². The largest absolute Gasteiger partial charge is 0.355 e. The summed E-state index contributed by atoms with van der Waals surface area (Å²) in [6.45, 7) is 10.8. The Labute approximate surface area is 141 Å². The number of carbonyl (C=O) groups excluding carboxylic acids is 1. The van der Waals surface area contributed by atoms with Gasteiger partial charge in [-0.15, -0.1) is 0 Å². The fourth-order valence-electron chi connectivity index (χ4n) is 2.74. The van der Waals surface area contributed by atoms with Crippen LogP contribution in [0.4, 0.5) is 0 Å². The van der Waals surface area contributed by atoms with Crippen molar-refractivity contribution >= 4 is 11.9 Å². The number of nitrogens with one attached hydrogen (secondary N) is 2. The minimum absolute atomic E-state index is 0.0739. The van der Waals surface area contributed by atoms with Crippen molar-refractivity contribution in [2.24, 2.45) is 10.9 Å². The number of unbranched alkanes of at least 4 members (excludes halogenated alkanes) is 1. The normalized spacial score (nSPS) is 18.8. The van der Waals surface area contributed by atoms with Crippen LogP contribution in [0.25, 0.3) is 0 Å². The highest BCUT2D eigenvalue weighted by Gasteiger charge is 2.27. The third-order valence-electron chi connectivity index (χ3n) is 4.24. The lowest BCUT2D eigenvalue weighted by Crippen LogP contribution is -2.46. The molecule has 1 fully saturated rings. The highest BCUT2D eigenvalue weighted by atomic mass is 16.2. The van der Waals surface area contributed by atoms with Gasteiger partial charge in [0.15, 0.2) is 5.96 Å². The molecule has 1 aliphatic heterocycles. The molecule has 1 saturated heterocycles. The molecule has 0 aromatic rings. The molecule has 0 aromatic heterocycles. The average Bonchev–Trinajstić information content (AvgIpc) is 2.99. The summed E-state index contributed by atoms with van der Waals surface area (Å²) < 4.78 is 0. The maximum Gasteiger partial charge on any atom is 0.225 e. The van der Waals surface area contributed by atoms with Gasteiger partial charge in [0.25, 0.3) is 0 Å². The average molecular weight is 326 g/mol. The third-order valence-corrected chi connectivity index (χ3v) is 4.24. The predicted molar refractivity (Wildman–Crippen MR) is 96.7 cm³/mol. The zero-order chi connectivity index (χ0) is 17.2. The molecule has 23 heavy (non-hydrogen) atoms. The molecule has 1 amide bonds. The first-order chi connectivity index (χ1) is 11.0. The van der Waals surface area contributed by atoms with Gasteiger partial charge < -0.3 is 20.4 Å². The number of likely N-dealkylation sites (N-methyl/N-ethyl adjacent to an activating group) is 1. The number of hydrogen-bond donors (Lipinski definition) is 2. The molecule has 6 nitrogen and oxygen atoms in total. The Morgan fingerprint density at radius 3 is 2.74 bits per heavy atom. The molecule has 6 heteroatoms. The maximum atomic E-state index is 12.0. The van der Waals surface area contributed by atoms with Crippen molar-refractivity contribution in [3.8, 4) is 0 Å². The molecule has 1 rings (SSSR count). The summed E-state index contributed by atoms with van der Waals surface area (Å²) in [6, 6.07) is 0.293. The smallest absolute Gasteiger partial charge is 0.225 e. The van der Waals surface area contributed by atoms with Crippen molar-refractivity contribution in [1.29, 1.82) is 0 Å². The second kappa shape index (κ2) is 10.5. The zero-order valence-corrected chi connectivity index (χ0v) is 15.6. The standard InChI is InChI=1S/C17H35N5O/c1-6-7-10-21(5)12-9-19-17(18-4)20-15-8-11-22(13-15)16(23)14(2)3/h14-15H,6-13H2,1-5H3,(H2,18,19,20). The fourth-order valence-corrected chi connectivity index (χ4v) is 2.74. The monoisotopic (exact) mass is 325 g/mol. The third kappa shape index (κ3) is 7.20. The molecule has 0 radical (unpaired) electrons. The minimum atomic E-state index is 0.0739. The van der Waals surface area contributed by atoms with E-state index in [2.05, 4.69) is 34.5 Å². The van der Waals surface area contributed by atoms with Crippen LogP contribution in [0, 0.1) is 5.92 Å². The van der Waals surface area contributed by atoms with Crippen LogP contribution in [0.5, 0.6) is 0 Å². The number of amides is 1. The molecule has 1 atom stereocenters. The summed E-state index contributed by atoms with van der Waals surface area (Å²) in [4.78, 5) is 20.6. The summed E-state index contributed by atoms with van der Waals surface area (Å²) in [7, 11) is 3.95. The summed E-state index contributed by atoms with van der Waals surface area (Å²) in [6.07, 6.45) is 3.45. The van der Waals surface area contributed by atoms with Gasteiger partial charge in [-0.2, -0.15) is 0 Å². The molecule has 1 unspecified atom stereocenters. The lowest BCUT2D eigenvalue weighted by molar-refractivity contribution is -0.133. The number of rotatable bonds is 8. The number of guanidine groups is 1. The molecule has 0 bridgehead atoms.